The smallest absolute Gasteiger partial charge is 0.254 e. The Morgan fingerprint density at radius 1 is 0.939 bits per heavy atom. The summed E-state index contributed by atoms with van der Waals surface area (Å²) in [5.41, 5.74) is 2.66. The van der Waals surface area contributed by atoms with Crippen LogP contribution in [0.3, 0.4) is 0 Å². The maximum Gasteiger partial charge on any atom is 0.254 e. The summed E-state index contributed by atoms with van der Waals surface area (Å²) in [7, 11) is 3.16. The van der Waals surface area contributed by atoms with Gasteiger partial charge in [0.1, 0.15) is 23.0 Å². The fourth-order valence-electron chi connectivity index (χ4n) is 3.48. The average molecular weight is 446 g/mol. The summed E-state index contributed by atoms with van der Waals surface area (Å²) in [6.45, 7) is 0.489. The molecule has 0 spiro atoms. The van der Waals surface area contributed by atoms with Crippen molar-refractivity contribution in [2.24, 2.45) is 0 Å². The van der Waals surface area contributed by atoms with Gasteiger partial charge in [0.15, 0.2) is 5.76 Å². The molecule has 0 aliphatic rings. The molecule has 0 bridgehead atoms. The largest absolute Gasteiger partial charge is 0.497 e. The first kappa shape index (κ1) is 22.1. The molecule has 0 unspecified atom stereocenters. The molecule has 1 amide bonds. The predicted octanol–water partition coefficient (Wildman–Crippen LogP) is 5.34. The number of carbonyl (C=O) groups is 1. The number of amides is 1. The molecule has 1 heterocycles. The highest BCUT2D eigenvalue weighted by Crippen LogP contribution is 2.30. The van der Waals surface area contributed by atoms with Crippen LogP contribution in [0.15, 0.2) is 83.4 Å². The van der Waals surface area contributed by atoms with Crippen molar-refractivity contribution in [1.82, 2.24) is 10.1 Å². The van der Waals surface area contributed by atoms with Gasteiger partial charge in [-0.1, -0.05) is 29.4 Å². The number of ether oxygens (including phenoxy) is 2. The van der Waals surface area contributed by atoms with Crippen molar-refractivity contribution in [2.45, 2.75) is 13.1 Å². The molecule has 7 heteroatoms. The summed E-state index contributed by atoms with van der Waals surface area (Å²) >= 11 is 0. The Morgan fingerprint density at radius 2 is 1.67 bits per heavy atom. The third-order valence-corrected chi connectivity index (χ3v) is 5.20. The molecule has 0 radical (unpaired) electrons. The van der Waals surface area contributed by atoms with Crippen LogP contribution in [0.4, 0.5) is 4.39 Å². The van der Waals surface area contributed by atoms with Crippen LogP contribution in [0.5, 0.6) is 11.5 Å². The summed E-state index contributed by atoms with van der Waals surface area (Å²) in [4.78, 5) is 15.0. The van der Waals surface area contributed by atoms with Gasteiger partial charge in [0, 0.05) is 18.2 Å². The molecule has 0 saturated carbocycles. The van der Waals surface area contributed by atoms with Gasteiger partial charge in [0.2, 0.25) is 0 Å². The van der Waals surface area contributed by atoms with Crippen molar-refractivity contribution in [3.8, 4) is 22.8 Å². The SMILES string of the molecule is COc1ccc(C(=O)N(Cc2ccc(F)cc2)Cc2cc(-c3ccccc3OC)on2)cc1. The van der Waals surface area contributed by atoms with Crippen molar-refractivity contribution in [2.75, 3.05) is 14.2 Å². The topological polar surface area (TPSA) is 64.8 Å². The Balaban J connectivity index is 1.61. The normalized spacial score (nSPS) is 10.6. The van der Waals surface area contributed by atoms with Gasteiger partial charge < -0.3 is 18.9 Å². The Labute approximate surface area is 191 Å². The highest BCUT2D eigenvalue weighted by Gasteiger charge is 2.20. The summed E-state index contributed by atoms with van der Waals surface area (Å²) in [5.74, 6) is 1.35. The molecule has 4 aromatic rings. The molecule has 3 aromatic carbocycles. The molecule has 0 fully saturated rings. The number of hydrogen-bond acceptors (Lipinski definition) is 5. The highest BCUT2D eigenvalue weighted by atomic mass is 19.1. The lowest BCUT2D eigenvalue weighted by molar-refractivity contribution is 0.0726. The molecular weight excluding hydrogens is 423 g/mol. The van der Waals surface area contributed by atoms with Gasteiger partial charge in [-0.3, -0.25) is 4.79 Å². The summed E-state index contributed by atoms with van der Waals surface area (Å²) in [6.07, 6.45) is 0. The van der Waals surface area contributed by atoms with Crippen LogP contribution < -0.4 is 9.47 Å². The van der Waals surface area contributed by atoms with E-state index in [4.69, 9.17) is 14.0 Å². The van der Waals surface area contributed by atoms with Gasteiger partial charge in [-0.2, -0.15) is 0 Å². The molecule has 0 aliphatic heterocycles. The zero-order valence-electron chi connectivity index (χ0n) is 18.3. The average Bonchev–Trinajstić information content (AvgIpc) is 3.33. The fourth-order valence-corrected chi connectivity index (χ4v) is 3.48. The van der Waals surface area contributed by atoms with Crippen molar-refractivity contribution in [3.63, 3.8) is 0 Å². The number of hydrogen-bond donors (Lipinski definition) is 0. The number of para-hydroxylation sites is 1. The van der Waals surface area contributed by atoms with Gasteiger partial charge in [0.25, 0.3) is 5.91 Å². The Kier molecular flexibility index (Phi) is 6.69. The zero-order chi connectivity index (χ0) is 23.2. The molecule has 0 atom stereocenters. The first-order valence-electron chi connectivity index (χ1n) is 10.3. The number of rotatable bonds is 8. The van der Waals surface area contributed by atoms with Crippen LogP contribution in [0.25, 0.3) is 11.3 Å². The molecule has 0 saturated heterocycles. The zero-order valence-corrected chi connectivity index (χ0v) is 18.3. The van der Waals surface area contributed by atoms with Gasteiger partial charge in [0.05, 0.1) is 26.3 Å². The van der Waals surface area contributed by atoms with E-state index in [0.29, 0.717) is 28.5 Å². The van der Waals surface area contributed by atoms with Crippen LogP contribution in [-0.4, -0.2) is 30.2 Å². The molecule has 6 nitrogen and oxygen atoms in total. The third-order valence-electron chi connectivity index (χ3n) is 5.20. The van der Waals surface area contributed by atoms with Gasteiger partial charge >= 0.3 is 0 Å². The molecular formula is C26H23FN2O4. The fraction of sp³-hybridized carbons (Fsp3) is 0.154. The Bertz CT molecular complexity index is 1220. The minimum absolute atomic E-state index is 0.191. The quantitative estimate of drug-likeness (QED) is 0.366. The second kappa shape index (κ2) is 9.99. The van der Waals surface area contributed by atoms with Gasteiger partial charge in [-0.05, 0) is 54.1 Å². The summed E-state index contributed by atoms with van der Waals surface area (Å²) in [6, 6.07) is 22.2. The Hall–Kier alpha value is -4.13. The standard InChI is InChI=1S/C26H23FN2O4/c1-31-22-13-9-19(10-14-22)26(30)29(16-18-7-11-20(27)12-8-18)17-21-15-25(33-28-21)23-5-3-4-6-24(23)32-2/h3-15H,16-17H2,1-2H3. The summed E-state index contributed by atoms with van der Waals surface area (Å²) < 4.78 is 29.5. The lowest BCUT2D eigenvalue weighted by atomic mass is 10.1. The van der Waals surface area contributed by atoms with Crippen molar-refractivity contribution in [1.29, 1.82) is 0 Å². The minimum atomic E-state index is -0.329. The number of carbonyl (C=O) groups excluding carboxylic acids is 1. The maximum atomic E-state index is 13.4. The van der Waals surface area contributed by atoms with Gasteiger partial charge in [-0.15, -0.1) is 0 Å². The van der Waals surface area contributed by atoms with Crippen LogP contribution in [0, 0.1) is 5.82 Å². The molecule has 4 rings (SSSR count). The van der Waals surface area contributed by atoms with Crippen LogP contribution in [0.2, 0.25) is 0 Å². The van der Waals surface area contributed by atoms with Crippen molar-refractivity contribution < 1.29 is 23.2 Å². The Morgan fingerprint density at radius 3 is 2.36 bits per heavy atom. The third kappa shape index (κ3) is 5.20. The molecule has 0 aliphatic carbocycles. The number of halogens is 1. The maximum absolute atomic E-state index is 13.4. The number of benzene rings is 3. The predicted molar refractivity (Wildman–Crippen MR) is 121 cm³/mol. The first-order valence-corrected chi connectivity index (χ1v) is 10.3. The van der Waals surface area contributed by atoms with E-state index in [0.717, 1.165) is 11.1 Å². The lowest BCUT2D eigenvalue weighted by Gasteiger charge is -2.22. The van der Waals surface area contributed by atoms with E-state index in [-0.39, 0.29) is 24.8 Å². The van der Waals surface area contributed by atoms with E-state index >= 15 is 0 Å². The second-order valence-corrected chi connectivity index (χ2v) is 7.40. The van der Waals surface area contributed by atoms with Gasteiger partial charge in [-0.25, -0.2) is 4.39 Å². The number of nitrogens with zero attached hydrogens (tertiary/aromatic N) is 2. The lowest BCUT2D eigenvalue weighted by Crippen LogP contribution is -2.30. The summed E-state index contributed by atoms with van der Waals surface area (Å²) in [5, 5.41) is 4.16. The van der Waals surface area contributed by atoms with E-state index in [1.54, 1.807) is 61.6 Å². The minimum Gasteiger partial charge on any atom is -0.497 e. The highest BCUT2D eigenvalue weighted by molar-refractivity contribution is 5.94. The van der Waals surface area contributed by atoms with E-state index in [1.807, 2.05) is 24.3 Å². The van der Waals surface area contributed by atoms with E-state index in [9.17, 15) is 9.18 Å². The first-order chi connectivity index (χ1) is 16.1. The van der Waals surface area contributed by atoms with E-state index in [2.05, 4.69) is 5.16 Å². The van der Waals surface area contributed by atoms with Crippen LogP contribution in [-0.2, 0) is 13.1 Å². The van der Waals surface area contributed by atoms with Crippen LogP contribution in [0.1, 0.15) is 21.6 Å². The number of aromatic nitrogens is 1. The molecule has 168 valence electrons. The molecule has 33 heavy (non-hydrogen) atoms. The molecule has 1 aromatic heterocycles. The van der Waals surface area contributed by atoms with Crippen molar-refractivity contribution in [3.05, 3.63) is 102 Å². The number of methoxy groups -OCH3 is 2. The van der Waals surface area contributed by atoms with Crippen molar-refractivity contribution >= 4 is 5.91 Å². The van der Waals surface area contributed by atoms with Crippen LogP contribution >= 0.6 is 0 Å². The van der Waals surface area contributed by atoms with E-state index in [1.165, 1.54) is 12.1 Å². The molecule has 0 N–H and O–H groups in total. The van der Waals surface area contributed by atoms with E-state index < -0.39 is 0 Å². The monoisotopic (exact) mass is 446 g/mol. The second-order valence-electron chi connectivity index (χ2n) is 7.40.